The average Bonchev–Trinajstić information content (AvgIpc) is 2.46. The van der Waals surface area contributed by atoms with Gasteiger partial charge in [-0.2, -0.15) is 0 Å². The Kier molecular flexibility index (Phi) is 1.62. The molecule has 2 heteroatoms. The van der Waals surface area contributed by atoms with E-state index in [1.165, 1.54) is 15.6 Å². The quantitative estimate of drug-likeness (QED) is 0.630. The van der Waals surface area contributed by atoms with E-state index in [4.69, 9.17) is 0 Å². The Labute approximate surface area is 70.5 Å². The lowest BCUT2D eigenvalue weighted by Crippen LogP contribution is -1.85. The Morgan fingerprint density at radius 2 is 2.18 bits per heavy atom. The van der Waals surface area contributed by atoms with E-state index in [0.29, 0.717) is 0 Å². The Morgan fingerprint density at radius 3 is 2.91 bits per heavy atom. The number of nitrogens with one attached hydrogen (secondary N) is 1. The molecular weight excluding hydrogens is 154 g/mol. The molecule has 56 valence electrons. The van der Waals surface area contributed by atoms with Crippen LogP contribution in [0.15, 0.2) is 40.3 Å². The Morgan fingerprint density at radius 1 is 1.36 bits per heavy atom. The van der Waals surface area contributed by atoms with Crippen molar-refractivity contribution in [1.29, 1.82) is 0 Å². The second-order valence-electron chi connectivity index (χ2n) is 2.38. The largest absolute Gasteiger partial charge is 0.349 e. The summed E-state index contributed by atoms with van der Waals surface area (Å²) in [5, 5.41) is 4.54. The number of benzene rings is 1. The molecular formula is C9H9NS. The molecule has 1 N–H and O–H groups in total. The van der Waals surface area contributed by atoms with Crippen LogP contribution in [0.1, 0.15) is 6.92 Å². The van der Waals surface area contributed by atoms with Gasteiger partial charge in [0.1, 0.15) is 0 Å². The van der Waals surface area contributed by atoms with Crippen molar-refractivity contribution in [3.05, 3.63) is 35.4 Å². The monoisotopic (exact) mass is 163 g/mol. The van der Waals surface area contributed by atoms with Crippen molar-refractivity contribution in [2.24, 2.45) is 0 Å². The predicted octanol–water partition coefficient (Wildman–Crippen LogP) is 3.07. The van der Waals surface area contributed by atoms with Crippen molar-refractivity contribution in [3.8, 4) is 0 Å². The minimum absolute atomic E-state index is 1.23. The molecule has 2 rings (SSSR count). The summed E-state index contributed by atoms with van der Waals surface area (Å²) in [4.78, 5) is 1.32. The first-order valence-corrected chi connectivity index (χ1v) is 4.42. The van der Waals surface area contributed by atoms with Crippen LogP contribution in [0.25, 0.3) is 0 Å². The summed E-state index contributed by atoms with van der Waals surface area (Å²) in [5.74, 6) is 0. The minimum Gasteiger partial charge on any atom is -0.349 e. The normalized spacial score (nSPS) is 18.1. The van der Waals surface area contributed by atoms with Gasteiger partial charge in [0, 0.05) is 4.90 Å². The molecule has 1 aromatic rings. The standard InChI is InChI=1S/C9H9NS/c1-2-9-10-7-5-3-4-6-8(7)11-9/h2-6,10H,1H3/b9-2+. The van der Waals surface area contributed by atoms with E-state index in [1.54, 1.807) is 11.8 Å². The fourth-order valence-electron chi connectivity index (χ4n) is 1.07. The highest BCUT2D eigenvalue weighted by atomic mass is 32.2. The van der Waals surface area contributed by atoms with E-state index in [0.717, 1.165) is 0 Å². The summed E-state index contributed by atoms with van der Waals surface area (Å²) >= 11 is 1.79. The fraction of sp³-hybridized carbons (Fsp3) is 0.111. The summed E-state index contributed by atoms with van der Waals surface area (Å²) in [6.45, 7) is 2.04. The molecule has 0 radical (unpaired) electrons. The van der Waals surface area contributed by atoms with Gasteiger partial charge in [0.25, 0.3) is 0 Å². The smallest absolute Gasteiger partial charge is 0.0731 e. The topological polar surface area (TPSA) is 12.0 Å². The molecule has 0 atom stereocenters. The maximum Gasteiger partial charge on any atom is 0.0731 e. The predicted molar refractivity (Wildman–Crippen MR) is 49.7 cm³/mol. The Balaban J connectivity index is 2.41. The molecule has 1 nitrogen and oxygen atoms in total. The number of hydrogen-bond donors (Lipinski definition) is 1. The Hall–Kier alpha value is -0.890. The summed E-state index contributed by atoms with van der Waals surface area (Å²) in [5.41, 5.74) is 1.23. The second kappa shape index (κ2) is 2.62. The van der Waals surface area contributed by atoms with Crippen LogP contribution in [0.2, 0.25) is 0 Å². The summed E-state index contributed by atoms with van der Waals surface area (Å²) in [6.07, 6.45) is 2.09. The van der Waals surface area contributed by atoms with Crippen molar-refractivity contribution in [2.45, 2.75) is 11.8 Å². The van der Waals surface area contributed by atoms with Gasteiger partial charge < -0.3 is 5.32 Å². The van der Waals surface area contributed by atoms with Gasteiger partial charge in [-0.25, -0.2) is 0 Å². The van der Waals surface area contributed by atoms with E-state index >= 15 is 0 Å². The van der Waals surface area contributed by atoms with Crippen LogP contribution in [0.5, 0.6) is 0 Å². The van der Waals surface area contributed by atoms with Gasteiger partial charge in [0.15, 0.2) is 0 Å². The maximum atomic E-state index is 3.31. The molecule has 0 aromatic heterocycles. The van der Waals surface area contributed by atoms with Crippen LogP contribution in [-0.4, -0.2) is 0 Å². The number of thioether (sulfide) groups is 1. The zero-order valence-corrected chi connectivity index (χ0v) is 7.11. The van der Waals surface area contributed by atoms with Gasteiger partial charge in [0.2, 0.25) is 0 Å². The first kappa shape index (κ1) is 6.80. The molecule has 0 bridgehead atoms. The molecule has 0 fully saturated rings. The van der Waals surface area contributed by atoms with Crippen LogP contribution in [-0.2, 0) is 0 Å². The van der Waals surface area contributed by atoms with Gasteiger partial charge in [-0.05, 0) is 19.1 Å². The number of allylic oxidation sites excluding steroid dienone is 1. The third kappa shape index (κ3) is 1.14. The minimum atomic E-state index is 1.23. The van der Waals surface area contributed by atoms with Crippen molar-refractivity contribution in [3.63, 3.8) is 0 Å². The molecule has 0 saturated carbocycles. The van der Waals surface area contributed by atoms with Gasteiger partial charge in [0.05, 0.1) is 10.7 Å². The lowest BCUT2D eigenvalue weighted by molar-refractivity contribution is 1.45. The van der Waals surface area contributed by atoms with Crippen LogP contribution in [0.4, 0.5) is 5.69 Å². The molecule has 11 heavy (non-hydrogen) atoms. The highest BCUT2D eigenvalue weighted by molar-refractivity contribution is 8.03. The van der Waals surface area contributed by atoms with E-state index < -0.39 is 0 Å². The number of para-hydroxylation sites is 1. The molecule has 1 aliphatic rings. The zero-order valence-electron chi connectivity index (χ0n) is 6.29. The highest BCUT2D eigenvalue weighted by Gasteiger charge is 2.12. The van der Waals surface area contributed by atoms with Crippen molar-refractivity contribution < 1.29 is 0 Å². The zero-order chi connectivity index (χ0) is 7.68. The van der Waals surface area contributed by atoms with Crippen LogP contribution in [0.3, 0.4) is 0 Å². The first-order valence-electron chi connectivity index (χ1n) is 3.60. The average molecular weight is 163 g/mol. The van der Waals surface area contributed by atoms with Crippen LogP contribution < -0.4 is 5.32 Å². The van der Waals surface area contributed by atoms with Crippen molar-refractivity contribution >= 4 is 17.4 Å². The van der Waals surface area contributed by atoms with Gasteiger partial charge in [-0.1, -0.05) is 30.0 Å². The summed E-state index contributed by atoms with van der Waals surface area (Å²) in [6, 6.07) is 8.33. The number of hydrogen-bond acceptors (Lipinski definition) is 2. The number of rotatable bonds is 0. The number of fused-ring (bicyclic) bond motifs is 1. The van der Waals surface area contributed by atoms with Crippen LogP contribution in [0, 0.1) is 0 Å². The van der Waals surface area contributed by atoms with Crippen LogP contribution >= 0.6 is 11.8 Å². The van der Waals surface area contributed by atoms with Gasteiger partial charge in [-0.3, -0.25) is 0 Å². The molecule has 0 unspecified atom stereocenters. The molecule has 1 aromatic carbocycles. The molecule has 1 heterocycles. The van der Waals surface area contributed by atoms with Crippen molar-refractivity contribution in [2.75, 3.05) is 5.32 Å². The Bertz CT molecular complexity index is 277. The van der Waals surface area contributed by atoms with E-state index in [1.807, 2.05) is 13.0 Å². The molecule has 0 saturated heterocycles. The van der Waals surface area contributed by atoms with E-state index in [-0.39, 0.29) is 0 Å². The summed E-state index contributed by atoms with van der Waals surface area (Å²) in [7, 11) is 0. The van der Waals surface area contributed by atoms with E-state index in [9.17, 15) is 0 Å². The third-order valence-electron chi connectivity index (χ3n) is 1.63. The van der Waals surface area contributed by atoms with E-state index in [2.05, 4.69) is 29.6 Å². The van der Waals surface area contributed by atoms with Crippen molar-refractivity contribution in [1.82, 2.24) is 0 Å². The molecule has 0 spiro atoms. The highest BCUT2D eigenvalue weighted by Crippen LogP contribution is 2.39. The number of anilines is 1. The maximum absolute atomic E-state index is 3.31. The third-order valence-corrected chi connectivity index (χ3v) is 2.76. The second-order valence-corrected chi connectivity index (χ2v) is 3.46. The van der Waals surface area contributed by atoms with Gasteiger partial charge in [-0.15, -0.1) is 0 Å². The SMILES string of the molecule is C/C=C1\Nc2ccccc2S1. The van der Waals surface area contributed by atoms with Gasteiger partial charge >= 0.3 is 0 Å². The summed E-state index contributed by atoms with van der Waals surface area (Å²) < 4.78 is 0. The first-order chi connectivity index (χ1) is 5.40. The fourth-order valence-corrected chi connectivity index (χ4v) is 1.96. The lowest BCUT2D eigenvalue weighted by atomic mass is 10.3. The molecule has 1 aliphatic heterocycles. The lowest BCUT2D eigenvalue weighted by Gasteiger charge is -1.94. The molecule has 0 aliphatic carbocycles. The molecule has 0 amide bonds.